The topological polar surface area (TPSA) is 48.7 Å². The van der Waals surface area contributed by atoms with Gasteiger partial charge < -0.3 is 10.2 Å². The molecule has 0 bridgehead atoms. The highest BCUT2D eigenvalue weighted by atomic mass is 15.4. The number of nitrogens with zero attached hydrogens (tertiary/aromatic N) is 5. The van der Waals surface area contributed by atoms with Crippen LogP contribution in [0, 0.1) is 0 Å². The van der Waals surface area contributed by atoms with E-state index in [1.807, 2.05) is 30.1 Å². The Kier molecular flexibility index (Phi) is 6.84. The van der Waals surface area contributed by atoms with Crippen molar-refractivity contribution in [3.63, 3.8) is 0 Å². The molecule has 1 aromatic carbocycles. The average Bonchev–Trinajstić information content (AvgIpc) is 3.20. The third-order valence-electron chi connectivity index (χ3n) is 4.54. The van der Waals surface area contributed by atoms with E-state index in [-0.39, 0.29) is 0 Å². The molecule has 0 spiro atoms. The van der Waals surface area contributed by atoms with Crippen LogP contribution in [0.5, 0.6) is 0 Å². The molecule has 2 heterocycles. The largest absolute Gasteiger partial charge is 0.354 e. The van der Waals surface area contributed by atoms with Crippen molar-refractivity contribution in [3.8, 4) is 0 Å². The smallest absolute Gasteiger partial charge is 0.193 e. The SMILES string of the molecule is CN=C(NCCn1cccn1)N1CCN(C/C=C/c2ccccc2)CC1. The number of guanidine groups is 1. The maximum atomic E-state index is 4.43. The molecule has 138 valence electrons. The monoisotopic (exact) mass is 352 g/mol. The Hall–Kier alpha value is -2.60. The zero-order valence-electron chi connectivity index (χ0n) is 15.5. The zero-order chi connectivity index (χ0) is 18.0. The van der Waals surface area contributed by atoms with E-state index in [2.05, 4.69) is 61.6 Å². The summed E-state index contributed by atoms with van der Waals surface area (Å²) in [6.07, 6.45) is 8.23. The van der Waals surface area contributed by atoms with Crippen LogP contribution < -0.4 is 5.32 Å². The van der Waals surface area contributed by atoms with E-state index in [9.17, 15) is 0 Å². The number of hydrogen-bond acceptors (Lipinski definition) is 3. The number of nitrogens with one attached hydrogen (secondary N) is 1. The first-order valence-electron chi connectivity index (χ1n) is 9.22. The summed E-state index contributed by atoms with van der Waals surface area (Å²) in [4.78, 5) is 9.24. The normalized spacial score (nSPS) is 16.3. The van der Waals surface area contributed by atoms with Gasteiger partial charge in [-0.25, -0.2) is 0 Å². The van der Waals surface area contributed by atoms with E-state index in [1.165, 1.54) is 5.56 Å². The molecular weight excluding hydrogens is 324 g/mol. The van der Waals surface area contributed by atoms with E-state index in [0.29, 0.717) is 0 Å². The molecule has 3 rings (SSSR count). The molecule has 6 nitrogen and oxygen atoms in total. The van der Waals surface area contributed by atoms with Crippen molar-refractivity contribution in [3.05, 3.63) is 60.4 Å². The predicted molar refractivity (Wildman–Crippen MR) is 107 cm³/mol. The molecule has 26 heavy (non-hydrogen) atoms. The lowest BCUT2D eigenvalue weighted by molar-refractivity contribution is 0.194. The maximum Gasteiger partial charge on any atom is 0.193 e. The summed E-state index contributed by atoms with van der Waals surface area (Å²) < 4.78 is 1.93. The minimum atomic E-state index is 0.828. The second kappa shape index (κ2) is 9.77. The van der Waals surface area contributed by atoms with Gasteiger partial charge in [-0.05, 0) is 11.6 Å². The van der Waals surface area contributed by atoms with Crippen LogP contribution >= 0.6 is 0 Å². The van der Waals surface area contributed by atoms with E-state index in [0.717, 1.165) is 51.8 Å². The van der Waals surface area contributed by atoms with Gasteiger partial charge in [-0.3, -0.25) is 14.6 Å². The van der Waals surface area contributed by atoms with E-state index >= 15 is 0 Å². The minimum absolute atomic E-state index is 0.828. The lowest BCUT2D eigenvalue weighted by Crippen LogP contribution is -2.52. The van der Waals surface area contributed by atoms with Gasteiger partial charge in [0.15, 0.2) is 5.96 Å². The molecule has 0 amide bonds. The van der Waals surface area contributed by atoms with E-state index < -0.39 is 0 Å². The number of piperazine rings is 1. The van der Waals surface area contributed by atoms with Crippen molar-refractivity contribution in [2.75, 3.05) is 46.3 Å². The Morgan fingerprint density at radius 1 is 1.15 bits per heavy atom. The average molecular weight is 352 g/mol. The molecule has 0 unspecified atom stereocenters. The molecule has 1 aliphatic rings. The van der Waals surface area contributed by atoms with Gasteiger partial charge in [-0.2, -0.15) is 5.10 Å². The van der Waals surface area contributed by atoms with E-state index in [4.69, 9.17) is 0 Å². The molecule has 1 saturated heterocycles. The van der Waals surface area contributed by atoms with E-state index in [1.54, 1.807) is 6.20 Å². The Bertz CT molecular complexity index is 684. The van der Waals surface area contributed by atoms with Crippen molar-refractivity contribution in [1.82, 2.24) is 24.9 Å². The standard InChI is InChI=1S/C20H28N6/c1-21-20(22-11-14-26-13-6-10-23-26)25-17-15-24(16-18-25)12-5-9-19-7-3-2-4-8-19/h2-10,13H,11-12,14-18H2,1H3,(H,21,22)/b9-5+. The van der Waals surface area contributed by atoms with Gasteiger partial charge in [0.05, 0.1) is 6.54 Å². The maximum absolute atomic E-state index is 4.43. The Labute approximate surface area is 155 Å². The summed E-state index contributed by atoms with van der Waals surface area (Å²) in [5.74, 6) is 0.983. The first-order chi connectivity index (χ1) is 12.8. The van der Waals surface area contributed by atoms with Crippen LogP contribution in [0.15, 0.2) is 59.9 Å². The van der Waals surface area contributed by atoms with Crippen molar-refractivity contribution in [1.29, 1.82) is 0 Å². The Morgan fingerprint density at radius 3 is 2.65 bits per heavy atom. The zero-order valence-corrected chi connectivity index (χ0v) is 15.5. The summed E-state index contributed by atoms with van der Waals surface area (Å²) in [6, 6.07) is 12.4. The predicted octanol–water partition coefficient (Wildman–Crippen LogP) is 1.79. The van der Waals surface area contributed by atoms with Gasteiger partial charge in [0, 0.05) is 58.7 Å². The number of rotatable bonds is 6. The molecule has 1 fully saturated rings. The third kappa shape index (κ3) is 5.46. The highest BCUT2D eigenvalue weighted by Gasteiger charge is 2.18. The lowest BCUT2D eigenvalue weighted by atomic mass is 10.2. The molecule has 0 radical (unpaired) electrons. The molecular formula is C20H28N6. The van der Waals surface area contributed by atoms with Gasteiger partial charge in [0.1, 0.15) is 0 Å². The first-order valence-corrected chi connectivity index (χ1v) is 9.22. The second-order valence-corrected chi connectivity index (χ2v) is 6.34. The number of aromatic nitrogens is 2. The minimum Gasteiger partial charge on any atom is -0.354 e. The molecule has 6 heteroatoms. The summed E-state index contributed by atoms with van der Waals surface area (Å²) in [6.45, 7) is 6.78. The molecule has 2 aromatic rings. The number of benzene rings is 1. The number of aliphatic imine (C=N–C) groups is 1. The molecule has 0 saturated carbocycles. The molecule has 0 aliphatic carbocycles. The van der Waals surface area contributed by atoms with Crippen LogP contribution in [-0.2, 0) is 6.54 Å². The highest BCUT2D eigenvalue weighted by molar-refractivity contribution is 5.79. The van der Waals surface area contributed by atoms with Crippen LogP contribution in [0.1, 0.15) is 5.56 Å². The summed E-state index contributed by atoms with van der Waals surface area (Å²) in [7, 11) is 1.85. The molecule has 0 atom stereocenters. The third-order valence-corrected chi connectivity index (χ3v) is 4.54. The van der Waals surface area contributed by atoms with Crippen molar-refractivity contribution in [2.24, 2.45) is 4.99 Å². The first kappa shape index (κ1) is 18.2. The van der Waals surface area contributed by atoms with Gasteiger partial charge in [0.25, 0.3) is 0 Å². The Morgan fingerprint density at radius 2 is 1.96 bits per heavy atom. The van der Waals surface area contributed by atoms with Crippen molar-refractivity contribution < 1.29 is 0 Å². The number of hydrogen-bond donors (Lipinski definition) is 1. The van der Waals surface area contributed by atoms with Crippen molar-refractivity contribution >= 4 is 12.0 Å². The quantitative estimate of drug-likeness (QED) is 0.636. The Balaban J connectivity index is 1.38. The second-order valence-electron chi connectivity index (χ2n) is 6.34. The molecule has 1 aliphatic heterocycles. The van der Waals surface area contributed by atoms with Crippen LogP contribution in [0.3, 0.4) is 0 Å². The van der Waals surface area contributed by atoms with Crippen LogP contribution in [0.2, 0.25) is 0 Å². The van der Waals surface area contributed by atoms with Crippen LogP contribution in [0.25, 0.3) is 6.08 Å². The fraction of sp³-hybridized carbons (Fsp3) is 0.400. The van der Waals surface area contributed by atoms with Gasteiger partial charge in [-0.15, -0.1) is 0 Å². The lowest BCUT2D eigenvalue weighted by Gasteiger charge is -2.36. The molecule has 1 N–H and O–H groups in total. The van der Waals surface area contributed by atoms with Gasteiger partial charge in [0.2, 0.25) is 0 Å². The summed E-state index contributed by atoms with van der Waals surface area (Å²) in [5, 5.41) is 7.66. The van der Waals surface area contributed by atoms with Crippen molar-refractivity contribution in [2.45, 2.75) is 6.54 Å². The van der Waals surface area contributed by atoms with Gasteiger partial charge in [-0.1, -0.05) is 42.5 Å². The summed E-state index contributed by atoms with van der Waals surface area (Å²) in [5.41, 5.74) is 1.26. The fourth-order valence-electron chi connectivity index (χ4n) is 3.09. The van der Waals surface area contributed by atoms with Gasteiger partial charge >= 0.3 is 0 Å². The summed E-state index contributed by atoms with van der Waals surface area (Å²) >= 11 is 0. The molecule has 1 aromatic heterocycles. The van der Waals surface area contributed by atoms with Crippen LogP contribution in [0.4, 0.5) is 0 Å². The fourth-order valence-corrected chi connectivity index (χ4v) is 3.09. The van der Waals surface area contributed by atoms with Crippen LogP contribution in [-0.4, -0.2) is 71.9 Å². The highest BCUT2D eigenvalue weighted by Crippen LogP contribution is 2.05.